The maximum absolute atomic E-state index is 6.90. The van der Waals surface area contributed by atoms with E-state index < -0.39 is 0 Å². The first-order valence-electron chi connectivity index (χ1n) is 21.0. The molecule has 1 unspecified atom stereocenters. The van der Waals surface area contributed by atoms with E-state index in [0.29, 0.717) is 11.6 Å². The normalized spacial score (nSPS) is 15.8. The van der Waals surface area contributed by atoms with Crippen LogP contribution < -0.4 is 4.74 Å². The number of hydrogen-bond acceptors (Lipinski definition) is 5. The molecule has 7 heteroatoms. The second-order valence-electron chi connectivity index (χ2n) is 17.9. The van der Waals surface area contributed by atoms with Crippen LogP contribution in [0.4, 0.5) is 0 Å². The lowest BCUT2D eigenvalue weighted by atomic mass is 9.67. The lowest BCUT2D eigenvalue weighted by Gasteiger charge is -2.36. The number of imidazole rings is 2. The van der Waals surface area contributed by atoms with Crippen LogP contribution in [0.3, 0.4) is 0 Å². The molecule has 12 rings (SSSR count). The van der Waals surface area contributed by atoms with Gasteiger partial charge in [-0.05, 0) is 118 Å². The second kappa shape index (κ2) is 12.6. The zero-order valence-corrected chi connectivity index (χ0v) is 35.0. The Balaban J connectivity index is 1.06. The van der Waals surface area contributed by atoms with Gasteiger partial charge < -0.3 is 9.15 Å². The SMILES string of the molecule is Cc1ccc(-n2c3nc(Oc4cc(-c5cc6c(cn5)C(C)(C)C(c5ccccc5)C6(C)C)c5oc6ccc7ccccc7c6c5c4)ccc3n3c4ccccc4nc23)cc1C. The number of benzene rings is 6. The molecule has 0 fully saturated rings. The molecule has 0 N–H and O–H groups in total. The van der Waals surface area contributed by atoms with Gasteiger partial charge in [0.25, 0.3) is 0 Å². The van der Waals surface area contributed by atoms with E-state index in [1.54, 1.807) is 0 Å². The number of hydrogen-bond donors (Lipinski definition) is 0. The highest BCUT2D eigenvalue weighted by Gasteiger charge is 2.52. The highest BCUT2D eigenvalue weighted by molar-refractivity contribution is 6.21. The number of pyridine rings is 2. The quantitative estimate of drug-likeness (QED) is 0.174. The number of rotatable bonds is 5. The van der Waals surface area contributed by atoms with Gasteiger partial charge in [-0.1, -0.05) is 107 Å². The van der Waals surface area contributed by atoms with Gasteiger partial charge in [-0.2, -0.15) is 4.98 Å². The van der Waals surface area contributed by atoms with E-state index in [1.165, 1.54) is 27.8 Å². The molecule has 11 aromatic rings. The summed E-state index contributed by atoms with van der Waals surface area (Å²) in [5, 5.41) is 4.28. The van der Waals surface area contributed by atoms with Gasteiger partial charge in [0, 0.05) is 34.5 Å². The highest BCUT2D eigenvalue weighted by Crippen LogP contribution is 2.59. The van der Waals surface area contributed by atoms with Crippen LogP contribution in [0.15, 0.2) is 150 Å². The summed E-state index contributed by atoms with van der Waals surface area (Å²) in [5.74, 6) is 2.19. The van der Waals surface area contributed by atoms with Crippen LogP contribution in [0.25, 0.3) is 77.6 Å². The molecule has 0 amide bonds. The number of aryl methyl sites for hydroxylation is 2. The van der Waals surface area contributed by atoms with E-state index in [9.17, 15) is 0 Å². The van der Waals surface area contributed by atoms with Gasteiger partial charge in [-0.15, -0.1) is 0 Å². The molecule has 0 bridgehead atoms. The number of para-hydroxylation sites is 2. The molecule has 5 aromatic heterocycles. The third-order valence-corrected chi connectivity index (χ3v) is 13.6. The molecule has 0 aliphatic heterocycles. The maximum atomic E-state index is 6.90. The van der Waals surface area contributed by atoms with Crippen molar-refractivity contribution in [1.82, 2.24) is 23.9 Å². The molecule has 0 saturated heterocycles. The summed E-state index contributed by atoms with van der Waals surface area (Å²) in [6.07, 6.45) is 2.10. The monoisotopic (exact) mass is 793 g/mol. The minimum atomic E-state index is -0.162. The van der Waals surface area contributed by atoms with Crippen molar-refractivity contribution in [3.63, 3.8) is 0 Å². The van der Waals surface area contributed by atoms with Crippen LogP contribution in [0.2, 0.25) is 0 Å². The van der Waals surface area contributed by atoms with Crippen molar-refractivity contribution in [2.24, 2.45) is 0 Å². The van der Waals surface area contributed by atoms with E-state index in [4.69, 9.17) is 24.1 Å². The molecule has 7 nitrogen and oxygen atoms in total. The third kappa shape index (κ3) is 5.13. The van der Waals surface area contributed by atoms with Crippen LogP contribution in [-0.2, 0) is 10.8 Å². The molecule has 1 aliphatic carbocycles. The Morgan fingerprint density at radius 2 is 1.44 bits per heavy atom. The van der Waals surface area contributed by atoms with Gasteiger partial charge in [-0.25, -0.2) is 4.98 Å². The Hall–Kier alpha value is -7.25. The molecule has 0 radical (unpaired) electrons. The van der Waals surface area contributed by atoms with E-state index >= 15 is 0 Å². The average molecular weight is 794 g/mol. The van der Waals surface area contributed by atoms with Gasteiger partial charge in [0.1, 0.15) is 16.9 Å². The summed E-state index contributed by atoms with van der Waals surface area (Å²) in [5.41, 5.74) is 14.0. The van der Waals surface area contributed by atoms with Crippen molar-refractivity contribution < 1.29 is 9.15 Å². The largest absolute Gasteiger partial charge is 0.455 e. The Bertz CT molecular complexity index is 3610. The van der Waals surface area contributed by atoms with Crippen molar-refractivity contribution in [1.29, 1.82) is 0 Å². The fraction of sp³-hybridized carbons (Fsp3) is 0.167. The van der Waals surface area contributed by atoms with Gasteiger partial charge >= 0.3 is 0 Å². The Morgan fingerprint density at radius 1 is 0.656 bits per heavy atom. The lowest BCUT2D eigenvalue weighted by Crippen LogP contribution is -2.31. The molecule has 0 saturated carbocycles. The van der Waals surface area contributed by atoms with Crippen LogP contribution in [0, 0.1) is 13.8 Å². The molecular weight excluding hydrogens is 751 g/mol. The minimum Gasteiger partial charge on any atom is -0.455 e. The van der Waals surface area contributed by atoms with Crippen molar-refractivity contribution in [3.8, 4) is 28.6 Å². The molecule has 1 atom stereocenters. The Kier molecular flexibility index (Phi) is 7.39. The van der Waals surface area contributed by atoms with E-state index in [0.717, 1.165) is 77.6 Å². The topological polar surface area (TPSA) is 70.4 Å². The minimum absolute atomic E-state index is 0.128. The molecule has 6 aromatic carbocycles. The van der Waals surface area contributed by atoms with Crippen LogP contribution in [-0.4, -0.2) is 23.9 Å². The third-order valence-electron chi connectivity index (χ3n) is 13.6. The molecule has 1 aliphatic rings. The average Bonchev–Trinajstić information content (AvgIpc) is 3.96. The first-order valence-corrected chi connectivity index (χ1v) is 21.0. The molecular formula is C54H43N5O2. The predicted octanol–water partition coefficient (Wildman–Crippen LogP) is 13.7. The maximum Gasteiger partial charge on any atom is 0.221 e. The van der Waals surface area contributed by atoms with Crippen LogP contribution in [0.1, 0.15) is 61.4 Å². The summed E-state index contributed by atoms with van der Waals surface area (Å²) < 4.78 is 18.1. The second-order valence-corrected chi connectivity index (χ2v) is 17.9. The van der Waals surface area contributed by atoms with Gasteiger partial charge in [-0.3, -0.25) is 14.0 Å². The van der Waals surface area contributed by atoms with Crippen LogP contribution in [0.5, 0.6) is 11.6 Å². The molecule has 0 spiro atoms. The summed E-state index contributed by atoms with van der Waals surface area (Å²) in [6.45, 7) is 13.7. The van der Waals surface area contributed by atoms with Gasteiger partial charge in [0.2, 0.25) is 11.7 Å². The molecule has 61 heavy (non-hydrogen) atoms. The fourth-order valence-corrected chi connectivity index (χ4v) is 10.8. The molecule has 5 heterocycles. The first kappa shape index (κ1) is 35.7. The Morgan fingerprint density at radius 3 is 2.30 bits per heavy atom. The van der Waals surface area contributed by atoms with E-state index in [-0.39, 0.29) is 16.7 Å². The standard InChI is InChI=1S/C54H43N5O2/c1-31-20-22-35(26-32(31)2)58-51-45(59-44-19-13-12-18-42(44)56-52(58)59)23-25-47(57-51)60-36-27-38(49-39(28-36)48-37-17-11-10-14-33(37)21-24-46(48)61-49)43-29-40-41(30-55-43)54(5,6)50(53(40,3)4)34-15-8-7-9-16-34/h7-30,50H,1-6H3. The number of aromatic nitrogens is 5. The highest BCUT2D eigenvalue weighted by atomic mass is 16.5. The smallest absolute Gasteiger partial charge is 0.221 e. The predicted molar refractivity (Wildman–Crippen MR) is 247 cm³/mol. The fourth-order valence-electron chi connectivity index (χ4n) is 10.8. The van der Waals surface area contributed by atoms with Crippen molar-refractivity contribution in [3.05, 3.63) is 174 Å². The summed E-state index contributed by atoms with van der Waals surface area (Å²) >= 11 is 0. The number of ether oxygens (including phenoxy) is 1. The summed E-state index contributed by atoms with van der Waals surface area (Å²) in [7, 11) is 0. The summed E-state index contributed by atoms with van der Waals surface area (Å²) in [6, 6.07) is 48.8. The summed E-state index contributed by atoms with van der Waals surface area (Å²) in [4.78, 5) is 15.6. The van der Waals surface area contributed by atoms with Gasteiger partial charge in [0.15, 0.2) is 5.65 Å². The zero-order chi connectivity index (χ0) is 41.4. The zero-order valence-electron chi connectivity index (χ0n) is 35.0. The van der Waals surface area contributed by atoms with Crippen molar-refractivity contribution in [2.45, 2.75) is 58.3 Å². The Labute approximate surface area is 352 Å². The molecule has 296 valence electrons. The van der Waals surface area contributed by atoms with Crippen molar-refractivity contribution in [2.75, 3.05) is 0 Å². The van der Waals surface area contributed by atoms with Gasteiger partial charge in [0.05, 0.1) is 27.9 Å². The first-order chi connectivity index (χ1) is 29.6. The number of nitrogens with zero attached hydrogens (tertiary/aromatic N) is 5. The van der Waals surface area contributed by atoms with Crippen LogP contribution >= 0.6 is 0 Å². The van der Waals surface area contributed by atoms with E-state index in [1.807, 2.05) is 12.1 Å². The number of furan rings is 1. The van der Waals surface area contributed by atoms with Crippen molar-refractivity contribution >= 4 is 60.7 Å². The number of fused-ring (bicyclic) bond motifs is 11. The van der Waals surface area contributed by atoms with E-state index in [2.05, 4.69) is 184 Å². The lowest BCUT2D eigenvalue weighted by molar-refractivity contribution is 0.330.